The van der Waals surface area contributed by atoms with Crippen LogP contribution in [0.1, 0.15) is 25.6 Å². The first-order chi connectivity index (χ1) is 7.14. The summed E-state index contributed by atoms with van der Waals surface area (Å²) in [6, 6.07) is 5.28. The number of rotatable bonds is 3. The Morgan fingerprint density at radius 2 is 2.19 bits per heavy atom. The maximum Gasteiger partial charge on any atom is 0.0229 e. The maximum absolute atomic E-state index is 3.29. The van der Waals surface area contributed by atoms with E-state index >= 15 is 0 Å². The van der Waals surface area contributed by atoms with Gasteiger partial charge in [-0.3, -0.25) is 11.3 Å². The van der Waals surface area contributed by atoms with Crippen molar-refractivity contribution in [2.45, 2.75) is 26.3 Å². The minimum Gasteiger partial charge on any atom is -0.508 e. The van der Waals surface area contributed by atoms with Crippen LogP contribution in [0.2, 0.25) is 0 Å². The van der Waals surface area contributed by atoms with E-state index in [0.717, 1.165) is 6.54 Å². The Balaban J connectivity index is 0.00000128. The third-order valence-electron chi connectivity index (χ3n) is 2.73. The van der Waals surface area contributed by atoms with Crippen LogP contribution in [0.5, 0.6) is 0 Å². The van der Waals surface area contributed by atoms with Gasteiger partial charge in [-0.15, -0.1) is 0 Å². The Morgan fingerprint density at radius 1 is 1.44 bits per heavy atom. The normalized spacial score (nSPS) is 15.4. The van der Waals surface area contributed by atoms with Gasteiger partial charge in [0.15, 0.2) is 0 Å². The minimum absolute atomic E-state index is 0. The van der Waals surface area contributed by atoms with Gasteiger partial charge in [-0.05, 0) is 32.8 Å². The third-order valence-corrected chi connectivity index (χ3v) is 3.85. The van der Waals surface area contributed by atoms with E-state index < -0.39 is 0 Å². The summed E-state index contributed by atoms with van der Waals surface area (Å²) < 4.78 is 0. The fourth-order valence-corrected chi connectivity index (χ4v) is 2.40. The van der Waals surface area contributed by atoms with Gasteiger partial charge >= 0.3 is 0 Å². The van der Waals surface area contributed by atoms with Gasteiger partial charge in [0.2, 0.25) is 0 Å². The van der Waals surface area contributed by atoms with Crippen LogP contribution in [-0.2, 0) is 25.6 Å². The van der Waals surface area contributed by atoms with Crippen LogP contribution < -0.4 is 0 Å². The Hall–Kier alpha value is -0.311. The number of nitrogens with zero attached hydrogens (tertiary/aromatic N) is 2. The molecule has 1 aromatic heterocycles. The van der Waals surface area contributed by atoms with Crippen molar-refractivity contribution in [1.29, 1.82) is 0 Å². The summed E-state index contributed by atoms with van der Waals surface area (Å²) in [6.45, 7) is 9.74. The van der Waals surface area contributed by atoms with Gasteiger partial charge in [0.1, 0.15) is 0 Å². The largest absolute Gasteiger partial charge is 0.508 e. The van der Waals surface area contributed by atoms with Crippen molar-refractivity contribution in [3.8, 4) is 0 Å². The van der Waals surface area contributed by atoms with Gasteiger partial charge in [-0.1, -0.05) is 11.8 Å². The van der Waals surface area contributed by atoms with Crippen molar-refractivity contribution in [3.63, 3.8) is 0 Å². The molecule has 0 amide bonds. The molecule has 0 saturated heterocycles. The van der Waals surface area contributed by atoms with Crippen molar-refractivity contribution >= 4 is 11.3 Å². The Labute approximate surface area is 115 Å². The first kappa shape index (κ1) is 13.8. The third kappa shape index (κ3) is 2.50. The van der Waals surface area contributed by atoms with Crippen molar-refractivity contribution in [2.75, 3.05) is 6.54 Å². The van der Waals surface area contributed by atoms with Crippen LogP contribution in [-0.4, -0.2) is 16.3 Å². The number of thiophene rings is 1. The Bertz CT molecular complexity index is 346. The molecule has 2 nitrogen and oxygen atoms in total. The second-order valence-corrected chi connectivity index (χ2v) is 5.02. The zero-order valence-electron chi connectivity index (χ0n) is 9.73. The molecular formula is C12H16IrN2S-2. The summed E-state index contributed by atoms with van der Waals surface area (Å²) in [4.78, 5) is 5.68. The molecule has 0 N–H and O–H groups in total. The van der Waals surface area contributed by atoms with Crippen LogP contribution >= 0.6 is 11.3 Å². The first-order valence-electron chi connectivity index (χ1n) is 5.17. The van der Waals surface area contributed by atoms with Crippen molar-refractivity contribution in [3.05, 3.63) is 41.5 Å². The molecular weight excluding hydrogens is 396 g/mol. The molecule has 0 saturated carbocycles. The van der Waals surface area contributed by atoms with Gasteiger partial charge in [-0.2, -0.15) is 12.0 Å². The molecule has 1 aliphatic rings. The average Bonchev–Trinajstić information content (AvgIpc) is 2.89. The van der Waals surface area contributed by atoms with E-state index in [1.54, 1.807) is 11.3 Å². The topological polar surface area (TPSA) is 6.48 Å². The Morgan fingerprint density at radius 3 is 2.69 bits per heavy atom. The van der Waals surface area contributed by atoms with Crippen LogP contribution in [0.15, 0.2) is 23.8 Å². The summed E-state index contributed by atoms with van der Waals surface area (Å²) in [5, 5.41) is 2.08. The number of hydrogen-bond acceptors (Lipinski definition) is 3. The average molecular weight is 413 g/mol. The van der Waals surface area contributed by atoms with Crippen molar-refractivity contribution < 1.29 is 20.1 Å². The monoisotopic (exact) mass is 413 g/mol. The standard InChI is InChI=1S/C12H16N2S.Ir/c1-4-13-7-8-14(10-13)12(2,3)11-6-5-9-15-11;/h5,7-10H,4H2,1-3H3;/q-2;. The summed E-state index contributed by atoms with van der Waals surface area (Å²) in [5.41, 5.74) is -0.00537. The number of hydrogen-bond donors (Lipinski definition) is 0. The molecule has 0 spiro atoms. The van der Waals surface area contributed by atoms with Crippen molar-refractivity contribution in [2.24, 2.45) is 0 Å². The zero-order valence-corrected chi connectivity index (χ0v) is 12.9. The quantitative estimate of drug-likeness (QED) is 0.705. The van der Waals surface area contributed by atoms with E-state index in [2.05, 4.69) is 61.1 Å². The van der Waals surface area contributed by atoms with E-state index in [-0.39, 0.29) is 25.6 Å². The van der Waals surface area contributed by atoms with Crippen LogP contribution in [0, 0.1) is 12.7 Å². The van der Waals surface area contributed by atoms with E-state index in [0.29, 0.717) is 0 Å². The first-order valence-corrected chi connectivity index (χ1v) is 6.05. The molecule has 0 bridgehead atoms. The fourth-order valence-electron chi connectivity index (χ4n) is 1.60. The van der Waals surface area contributed by atoms with Crippen molar-refractivity contribution in [1.82, 2.24) is 9.80 Å². The zero-order chi connectivity index (χ0) is 10.9. The van der Waals surface area contributed by atoms with Crippen LogP contribution in [0.4, 0.5) is 0 Å². The van der Waals surface area contributed by atoms with Crippen LogP contribution in [0.3, 0.4) is 0 Å². The second kappa shape index (κ2) is 5.35. The Kier molecular flexibility index (Phi) is 4.60. The summed E-state index contributed by atoms with van der Waals surface area (Å²) in [5.74, 6) is 0. The summed E-state index contributed by atoms with van der Waals surface area (Å²) >= 11 is 1.76. The maximum atomic E-state index is 3.29. The molecule has 91 valence electrons. The molecule has 1 aromatic rings. The molecule has 0 aliphatic carbocycles. The molecule has 0 aromatic carbocycles. The molecule has 0 atom stereocenters. The molecule has 2 heterocycles. The molecule has 2 rings (SSSR count). The molecule has 16 heavy (non-hydrogen) atoms. The SMILES string of the molecule is CCN1C=CN(C(C)(C)c2[c-]ccs2)[CH-]1.[Ir]. The predicted molar refractivity (Wildman–Crippen MR) is 63.8 cm³/mol. The molecule has 0 fully saturated rings. The van der Waals surface area contributed by atoms with E-state index in [4.69, 9.17) is 0 Å². The van der Waals surface area contributed by atoms with E-state index in [1.807, 2.05) is 6.07 Å². The van der Waals surface area contributed by atoms with E-state index in [9.17, 15) is 0 Å². The minimum atomic E-state index is -0.00537. The molecule has 1 radical (unpaired) electrons. The summed E-state index contributed by atoms with van der Waals surface area (Å²) in [6.07, 6.45) is 4.23. The summed E-state index contributed by atoms with van der Waals surface area (Å²) in [7, 11) is 0. The van der Waals surface area contributed by atoms with Crippen LogP contribution in [0.25, 0.3) is 0 Å². The van der Waals surface area contributed by atoms with Gasteiger partial charge in [0.25, 0.3) is 0 Å². The molecule has 0 unspecified atom stereocenters. The van der Waals surface area contributed by atoms with Gasteiger partial charge < -0.3 is 9.80 Å². The molecule has 4 heteroatoms. The second-order valence-electron chi connectivity index (χ2n) is 4.10. The van der Waals surface area contributed by atoms with E-state index in [1.165, 1.54) is 4.88 Å². The smallest absolute Gasteiger partial charge is 0.0229 e. The van der Waals surface area contributed by atoms with Gasteiger partial charge in [0, 0.05) is 25.6 Å². The molecule has 1 aliphatic heterocycles. The fraction of sp³-hybridized carbons (Fsp3) is 0.417. The predicted octanol–water partition coefficient (Wildman–Crippen LogP) is 3.01. The van der Waals surface area contributed by atoms with Gasteiger partial charge in [0.05, 0.1) is 0 Å². The van der Waals surface area contributed by atoms with Gasteiger partial charge in [-0.25, -0.2) is 12.1 Å².